The molecule has 0 saturated carbocycles. The average Bonchev–Trinajstić information content (AvgIpc) is 2.04. The van der Waals surface area contributed by atoms with E-state index in [4.69, 9.17) is 10.2 Å². The maximum absolute atomic E-state index is 10.4. The SMILES string of the molecule is O=C(O)C1C[CH]CC(C(=O)O)N1. The van der Waals surface area contributed by atoms with Crippen LogP contribution in [-0.2, 0) is 9.59 Å². The molecule has 0 spiro atoms. The van der Waals surface area contributed by atoms with Crippen molar-refractivity contribution in [1.82, 2.24) is 5.32 Å². The summed E-state index contributed by atoms with van der Waals surface area (Å²) in [6, 6.07) is -1.50. The number of aliphatic carboxylic acids is 2. The largest absolute Gasteiger partial charge is 0.480 e. The lowest BCUT2D eigenvalue weighted by Crippen LogP contribution is -2.50. The standard InChI is InChI=1S/C7H10NO4/c9-6(10)4-2-1-3-5(8-4)7(11)12/h1,4-5,8H,2-3H2,(H,9,10)(H,11,12). The van der Waals surface area contributed by atoms with Gasteiger partial charge in [-0.25, -0.2) is 0 Å². The van der Waals surface area contributed by atoms with E-state index in [0.717, 1.165) is 0 Å². The molecular weight excluding hydrogens is 162 g/mol. The van der Waals surface area contributed by atoms with Crippen LogP contribution < -0.4 is 5.32 Å². The summed E-state index contributed by atoms with van der Waals surface area (Å²) in [6.07, 6.45) is 2.46. The van der Waals surface area contributed by atoms with Crippen molar-refractivity contribution in [3.8, 4) is 0 Å². The van der Waals surface area contributed by atoms with Crippen molar-refractivity contribution in [2.75, 3.05) is 0 Å². The molecule has 0 aromatic heterocycles. The molecule has 1 heterocycles. The highest BCUT2D eigenvalue weighted by atomic mass is 16.4. The third-order valence-electron chi connectivity index (χ3n) is 1.80. The first-order valence-corrected chi connectivity index (χ1v) is 3.64. The van der Waals surface area contributed by atoms with Crippen molar-refractivity contribution in [2.45, 2.75) is 24.9 Å². The van der Waals surface area contributed by atoms with Gasteiger partial charge in [0.15, 0.2) is 0 Å². The molecule has 0 aromatic carbocycles. The highest BCUT2D eigenvalue weighted by Crippen LogP contribution is 2.11. The summed E-state index contributed by atoms with van der Waals surface area (Å²) in [5.41, 5.74) is 0. The Morgan fingerprint density at radius 1 is 1.17 bits per heavy atom. The summed E-state index contributed by atoms with van der Waals surface area (Å²) in [7, 11) is 0. The molecule has 2 unspecified atom stereocenters. The molecule has 12 heavy (non-hydrogen) atoms. The Morgan fingerprint density at radius 3 is 1.92 bits per heavy atom. The van der Waals surface area contributed by atoms with Crippen LogP contribution in [0.1, 0.15) is 12.8 Å². The van der Waals surface area contributed by atoms with Crippen LogP contribution in [0.2, 0.25) is 0 Å². The molecule has 0 aromatic rings. The number of carbonyl (C=O) groups is 2. The molecule has 1 fully saturated rings. The molecule has 1 rings (SSSR count). The first-order valence-electron chi connectivity index (χ1n) is 3.64. The lowest BCUT2D eigenvalue weighted by atomic mass is 9.99. The highest BCUT2D eigenvalue weighted by molar-refractivity contribution is 5.78. The Labute approximate surface area is 69.4 Å². The number of piperidine rings is 1. The Kier molecular flexibility index (Phi) is 2.65. The van der Waals surface area contributed by atoms with E-state index in [1.54, 1.807) is 6.42 Å². The van der Waals surface area contributed by atoms with Crippen LogP contribution in [0.3, 0.4) is 0 Å². The number of hydrogen-bond donors (Lipinski definition) is 3. The Bertz CT molecular complexity index is 184. The first kappa shape index (κ1) is 8.99. The maximum atomic E-state index is 10.4. The van der Waals surface area contributed by atoms with Crippen LogP contribution >= 0.6 is 0 Å². The minimum absolute atomic E-state index is 0.388. The van der Waals surface area contributed by atoms with Gasteiger partial charge in [-0.05, 0) is 19.3 Å². The third kappa shape index (κ3) is 1.94. The quantitative estimate of drug-likeness (QED) is 0.521. The van der Waals surface area contributed by atoms with Crippen molar-refractivity contribution in [1.29, 1.82) is 0 Å². The van der Waals surface area contributed by atoms with Crippen molar-refractivity contribution in [3.05, 3.63) is 6.42 Å². The molecule has 0 aliphatic carbocycles. The fourth-order valence-electron chi connectivity index (χ4n) is 1.15. The van der Waals surface area contributed by atoms with Gasteiger partial charge >= 0.3 is 11.9 Å². The molecule has 1 radical (unpaired) electrons. The average molecular weight is 172 g/mol. The van der Waals surface area contributed by atoms with Crippen molar-refractivity contribution in [3.63, 3.8) is 0 Å². The van der Waals surface area contributed by atoms with Gasteiger partial charge in [0.2, 0.25) is 0 Å². The van der Waals surface area contributed by atoms with Crippen molar-refractivity contribution >= 4 is 11.9 Å². The van der Waals surface area contributed by atoms with Gasteiger partial charge in [0.25, 0.3) is 0 Å². The predicted molar refractivity (Wildman–Crippen MR) is 39.5 cm³/mol. The topological polar surface area (TPSA) is 86.6 Å². The van der Waals surface area contributed by atoms with E-state index in [1.165, 1.54) is 0 Å². The second-order valence-electron chi connectivity index (χ2n) is 2.71. The summed E-state index contributed by atoms with van der Waals surface area (Å²) in [5, 5.41) is 19.6. The van der Waals surface area contributed by atoms with E-state index in [-0.39, 0.29) is 0 Å². The zero-order valence-electron chi connectivity index (χ0n) is 6.36. The summed E-state index contributed by atoms with van der Waals surface area (Å²) < 4.78 is 0. The third-order valence-corrected chi connectivity index (χ3v) is 1.80. The molecular formula is C7H10NO4. The van der Waals surface area contributed by atoms with Crippen LogP contribution in [0.4, 0.5) is 0 Å². The summed E-state index contributed by atoms with van der Waals surface area (Å²) in [4.78, 5) is 20.9. The molecule has 5 nitrogen and oxygen atoms in total. The van der Waals surface area contributed by atoms with Crippen LogP contribution in [0.15, 0.2) is 0 Å². The molecule has 3 N–H and O–H groups in total. The lowest BCUT2D eigenvalue weighted by Gasteiger charge is -2.25. The van der Waals surface area contributed by atoms with Crippen LogP contribution in [-0.4, -0.2) is 34.2 Å². The van der Waals surface area contributed by atoms with Gasteiger partial charge in [-0.2, -0.15) is 0 Å². The predicted octanol–water partition coefficient (Wildman–Crippen LogP) is -0.520. The molecule has 1 aliphatic heterocycles. The number of carboxylic acids is 2. The van der Waals surface area contributed by atoms with Gasteiger partial charge in [0.1, 0.15) is 12.1 Å². The molecule has 67 valence electrons. The number of nitrogens with one attached hydrogen (secondary N) is 1. The summed E-state index contributed by atoms with van der Waals surface area (Å²) >= 11 is 0. The Balaban J connectivity index is 2.51. The molecule has 1 saturated heterocycles. The molecule has 2 atom stereocenters. The first-order chi connectivity index (χ1) is 5.61. The molecule has 1 aliphatic rings. The van der Waals surface area contributed by atoms with Gasteiger partial charge in [0, 0.05) is 0 Å². The van der Waals surface area contributed by atoms with E-state index in [9.17, 15) is 9.59 Å². The van der Waals surface area contributed by atoms with E-state index < -0.39 is 24.0 Å². The van der Waals surface area contributed by atoms with Crippen molar-refractivity contribution < 1.29 is 19.8 Å². The smallest absolute Gasteiger partial charge is 0.320 e. The highest BCUT2D eigenvalue weighted by Gasteiger charge is 2.29. The van der Waals surface area contributed by atoms with Crippen LogP contribution in [0, 0.1) is 6.42 Å². The van der Waals surface area contributed by atoms with Gasteiger partial charge in [-0.1, -0.05) is 0 Å². The minimum Gasteiger partial charge on any atom is -0.480 e. The van der Waals surface area contributed by atoms with Gasteiger partial charge < -0.3 is 10.2 Å². The van der Waals surface area contributed by atoms with E-state index >= 15 is 0 Å². The van der Waals surface area contributed by atoms with Crippen molar-refractivity contribution in [2.24, 2.45) is 0 Å². The Morgan fingerprint density at radius 2 is 1.58 bits per heavy atom. The molecule has 5 heteroatoms. The maximum Gasteiger partial charge on any atom is 0.320 e. The number of rotatable bonds is 2. The van der Waals surface area contributed by atoms with Crippen LogP contribution in [0.5, 0.6) is 0 Å². The normalized spacial score (nSPS) is 29.7. The monoisotopic (exact) mass is 172 g/mol. The van der Waals surface area contributed by atoms with E-state index in [1.807, 2.05) is 0 Å². The second kappa shape index (κ2) is 3.53. The second-order valence-corrected chi connectivity index (χ2v) is 2.71. The Hall–Kier alpha value is -1.10. The van der Waals surface area contributed by atoms with Gasteiger partial charge in [-0.15, -0.1) is 0 Å². The fraction of sp³-hybridized carbons (Fsp3) is 0.571. The van der Waals surface area contributed by atoms with E-state index in [2.05, 4.69) is 5.32 Å². The minimum atomic E-state index is -1.00. The zero-order chi connectivity index (χ0) is 9.14. The van der Waals surface area contributed by atoms with Gasteiger partial charge in [0.05, 0.1) is 0 Å². The number of hydrogen-bond acceptors (Lipinski definition) is 3. The summed E-state index contributed by atoms with van der Waals surface area (Å²) in [6.45, 7) is 0. The van der Waals surface area contributed by atoms with Crippen LogP contribution in [0.25, 0.3) is 0 Å². The molecule has 0 bridgehead atoms. The lowest BCUT2D eigenvalue weighted by molar-refractivity contribution is -0.143. The summed E-state index contributed by atoms with van der Waals surface area (Å²) in [5.74, 6) is -2.01. The van der Waals surface area contributed by atoms with E-state index in [0.29, 0.717) is 12.8 Å². The fourth-order valence-corrected chi connectivity index (χ4v) is 1.15. The van der Waals surface area contributed by atoms with Gasteiger partial charge in [-0.3, -0.25) is 14.9 Å². The molecule has 0 amide bonds. The zero-order valence-corrected chi connectivity index (χ0v) is 6.36. The number of carboxylic acid groups (broad SMARTS) is 2.